The molecule has 1 aliphatic heterocycles. The molecule has 2 N–H and O–H groups in total. The highest BCUT2D eigenvalue weighted by Crippen LogP contribution is 2.37. The summed E-state index contributed by atoms with van der Waals surface area (Å²) in [5.74, 6) is 1.19. The number of halogens is 1. The van der Waals surface area contributed by atoms with Crippen LogP contribution in [-0.2, 0) is 4.79 Å². The third kappa shape index (κ3) is 2.07. The average molecular weight is 245 g/mol. The van der Waals surface area contributed by atoms with Gasteiger partial charge in [-0.3, -0.25) is 4.79 Å². The maximum absolute atomic E-state index is 12.3. The highest BCUT2D eigenvalue weighted by Gasteiger charge is 2.44. The minimum absolute atomic E-state index is 0.198. The zero-order chi connectivity index (χ0) is 11.9. The number of hydrogen-bond donors (Lipinski definition) is 1. The molecule has 0 aromatic carbocycles. The second kappa shape index (κ2) is 4.19. The Kier molecular flexibility index (Phi) is 3.19. The van der Waals surface area contributed by atoms with E-state index in [-0.39, 0.29) is 11.9 Å². The van der Waals surface area contributed by atoms with Crippen molar-refractivity contribution in [2.24, 2.45) is 17.1 Å². The molecule has 1 heterocycles. The number of carbonyl (C=O) groups excluding carboxylic acids is 1. The molecule has 2 rings (SSSR count). The van der Waals surface area contributed by atoms with Gasteiger partial charge in [0.25, 0.3) is 0 Å². The zero-order valence-corrected chi connectivity index (χ0v) is 10.8. The van der Waals surface area contributed by atoms with Gasteiger partial charge in [0.2, 0.25) is 5.91 Å². The maximum Gasteiger partial charge on any atom is 0.229 e. The molecule has 1 amide bonds. The van der Waals surface area contributed by atoms with Crippen molar-refractivity contribution in [3.05, 3.63) is 0 Å². The summed E-state index contributed by atoms with van der Waals surface area (Å²) >= 11 is 5.87. The van der Waals surface area contributed by atoms with Gasteiger partial charge in [0, 0.05) is 24.5 Å². The molecule has 3 atom stereocenters. The lowest BCUT2D eigenvalue weighted by atomic mass is 9.87. The number of amides is 1. The lowest BCUT2D eigenvalue weighted by Gasteiger charge is -2.32. The third-order valence-electron chi connectivity index (χ3n) is 3.89. The van der Waals surface area contributed by atoms with Crippen LogP contribution in [0.1, 0.15) is 33.1 Å². The third-order valence-corrected chi connectivity index (χ3v) is 4.55. The number of hydrogen-bond acceptors (Lipinski definition) is 2. The van der Waals surface area contributed by atoms with Gasteiger partial charge in [-0.2, -0.15) is 0 Å². The van der Waals surface area contributed by atoms with Gasteiger partial charge in [0.15, 0.2) is 0 Å². The quantitative estimate of drug-likeness (QED) is 0.750. The van der Waals surface area contributed by atoms with E-state index >= 15 is 0 Å². The van der Waals surface area contributed by atoms with Crippen molar-refractivity contribution in [1.29, 1.82) is 0 Å². The molecule has 1 saturated carbocycles. The monoisotopic (exact) mass is 244 g/mol. The highest BCUT2D eigenvalue weighted by atomic mass is 35.5. The average Bonchev–Trinajstić information content (AvgIpc) is 2.52. The summed E-state index contributed by atoms with van der Waals surface area (Å²) < 4.78 is 0. The van der Waals surface area contributed by atoms with Gasteiger partial charge < -0.3 is 10.6 Å². The molecule has 16 heavy (non-hydrogen) atoms. The lowest BCUT2D eigenvalue weighted by molar-refractivity contribution is -0.140. The summed E-state index contributed by atoms with van der Waals surface area (Å²) in [5, 5.41) is 0. The summed E-state index contributed by atoms with van der Waals surface area (Å²) in [6.45, 7) is 4.73. The summed E-state index contributed by atoms with van der Waals surface area (Å²) in [6, 6.07) is 0.643. The Morgan fingerprint density at radius 2 is 2.12 bits per heavy atom. The molecule has 0 radical (unpaired) electrons. The standard InChI is InChI=1S/C12H21ClN2O/c1-12(2,7-13)11(16)15-6-8-3-9(14)5-10(15)4-8/h8-10H,3-7,14H2,1-2H3. The summed E-state index contributed by atoms with van der Waals surface area (Å²) in [5.41, 5.74) is 5.55. The molecule has 3 nitrogen and oxygen atoms in total. The summed E-state index contributed by atoms with van der Waals surface area (Å²) in [6.07, 6.45) is 3.17. The van der Waals surface area contributed by atoms with Gasteiger partial charge >= 0.3 is 0 Å². The highest BCUT2D eigenvalue weighted by molar-refractivity contribution is 6.19. The first kappa shape index (κ1) is 12.2. The minimum Gasteiger partial charge on any atom is -0.339 e. The van der Waals surface area contributed by atoms with Crippen LogP contribution in [0.3, 0.4) is 0 Å². The molecule has 0 aromatic rings. The van der Waals surface area contributed by atoms with Gasteiger partial charge in [0.05, 0.1) is 5.41 Å². The molecular formula is C12H21ClN2O. The van der Waals surface area contributed by atoms with Crippen LogP contribution in [0.5, 0.6) is 0 Å². The Labute approximate surface area is 102 Å². The van der Waals surface area contributed by atoms with Crippen molar-refractivity contribution in [3.63, 3.8) is 0 Å². The van der Waals surface area contributed by atoms with Crippen LogP contribution in [0.15, 0.2) is 0 Å². The summed E-state index contributed by atoms with van der Waals surface area (Å²) in [7, 11) is 0. The van der Waals surface area contributed by atoms with E-state index in [9.17, 15) is 4.79 Å². The SMILES string of the molecule is CC(C)(CCl)C(=O)N1CC2CC(N)CC1C2. The van der Waals surface area contributed by atoms with E-state index in [2.05, 4.69) is 0 Å². The van der Waals surface area contributed by atoms with Gasteiger partial charge in [-0.05, 0) is 39.0 Å². The first-order valence-electron chi connectivity index (χ1n) is 6.06. The van der Waals surface area contributed by atoms with E-state index in [0.29, 0.717) is 17.8 Å². The van der Waals surface area contributed by atoms with Crippen LogP contribution >= 0.6 is 11.6 Å². The molecule has 2 bridgehead atoms. The molecule has 4 heteroatoms. The van der Waals surface area contributed by atoms with Crippen LogP contribution < -0.4 is 5.73 Å². The molecule has 3 unspecified atom stereocenters. The van der Waals surface area contributed by atoms with Crippen LogP contribution in [0, 0.1) is 11.3 Å². The van der Waals surface area contributed by atoms with E-state index in [1.807, 2.05) is 18.7 Å². The normalized spacial score (nSPS) is 34.2. The second-order valence-electron chi connectivity index (χ2n) is 5.96. The van der Waals surface area contributed by atoms with Crippen LogP contribution in [0.2, 0.25) is 0 Å². The largest absolute Gasteiger partial charge is 0.339 e. The van der Waals surface area contributed by atoms with Crippen molar-refractivity contribution >= 4 is 17.5 Å². The zero-order valence-electron chi connectivity index (χ0n) is 10.1. The molecular weight excluding hydrogens is 224 g/mol. The molecule has 0 spiro atoms. The Balaban J connectivity index is 2.09. The number of fused-ring (bicyclic) bond motifs is 2. The predicted molar refractivity (Wildman–Crippen MR) is 65.3 cm³/mol. The van der Waals surface area contributed by atoms with Crippen molar-refractivity contribution < 1.29 is 4.79 Å². The molecule has 92 valence electrons. The van der Waals surface area contributed by atoms with Gasteiger partial charge in [-0.15, -0.1) is 11.6 Å². The molecule has 2 fully saturated rings. The lowest BCUT2D eigenvalue weighted by Crippen LogP contribution is -2.45. The summed E-state index contributed by atoms with van der Waals surface area (Å²) in [4.78, 5) is 14.4. The van der Waals surface area contributed by atoms with Crippen LogP contribution in [-0.4, -0.2) is 35.3 Å². The van der Waals surface area contributed by atoms with E-state index < -0.39 is 5.41 Å². The Morgan fingerprint density at radius 3 is 2.75 bits per heavy atom. The molecule has 1 saturated heterocycles. The first-order chi connectivity index (χ1) is 7.44. The van der Waals surface area contributed by atoms with Crippen molar-refractivity contribution in [2.45, 2.75) is 45.2 Å². The van der Waals surface area contributed by atoms with Crippen molar-refractivity contribution in [3.8, 4) is 0 Å². The fourth-order valence-corrected chi connectivity index (χ4v) is 3.09. The number of nitrogens with two attached hydrogens (primary N) is 1. The van der Waals surface area contributed by atoms with Crippen molar-refractivity contribution in [2.75, 3.05) is 12.4 Å². The fraction of sp³-hybridized carbons (Fsp3) is 0.917. The number of nitrogens with zero attached hydrogens (tertiary/aromatic N) is 1. The van der Waals surface area contributed by atoms with Crippen LogP contribution in [0.25, 0.3) is 0 Å². The smallest absolute Gasteiger partial charge is 0.229 e. The van der Waals surface area contributed by atoms with Crippen molar-refractivity contribution in [1.82, 2.24) is 4.90 Å². The first-order valence-corrected chi connectivity index (χ1v) is 6.60. The van der Waals surface area contributed by atoms with Gasteiger partial charge in [-0.1, -0.05) is 0 Å². The number of alkyl halides is 1. The molecule has 2 aliphatic rings. The number of carbonyl (C=O) groups is 1. The molecule has 0 aromatic heterocycles. The maximum atomic E-state index is 12.3. The van der Waals surface area contributed by atoms with E-state index in [4.69, 9.17) is 17.3 Å². The van der Waals surface area contributed by atoms with Gasteiger partial charge in [0.1, 0.15) is 0 Å². The van der Waals surface area contributed by atoms with E-state index in [0.717, 1.165) is 25.8 Å². The minimum atomic E-state index is -0.441. The Bertz CT molecular complexity index is 293. The van der Waals surface area contributed by atoms with Gasteiger partial charge in [-0.25, -0.2) is 0 Å². The van der Waals surface area contributed by atoms with E-state index in [1.165, 1.54) is 0 Å². The Morgan fingerprint density at radius 1 is 1.44 bits per heavy atom. The topological polar surface area (TPSA) is 46.3 Å². The fourth-order valence-electron chi connectivity index (χ4n) is 2.98. The second-order valence-corrected chi connectivity index (χ2v) is 6.23. The molecule has 1 aliphatic carbocycles. The Hall–Kier alpha value is -0.280. The number of likely N-dealkylation sites (tertiary alicyclic amines) is 1. The van der Waals surface area contributed by atoms with E-state index in [1.54, 1.807) is 0 Å². The number of rotatable bonds is 2. The predicted octanol–water partition coefficient (Wildman–Crippen LogP) is 1.59. The van der Waals surface area contributed by atoms with Crippen LogP contribution in [0.4, 0.5) is 0 Å².